The molecular weight excluding hydrogens is 200 g/mol. The van der Waals surface area contributed by atoms with Crippen LogP contribution in [0.3, 0.4) is 0 Å². The number of hydrogen-bond acceptors (Lipinski definition) is 3. The normalized spacial score (nSPS) is 25.9. The molecule has 0 aromatic carbocycles. The summed E-state index contributed by atoms with van der Waals surface area (Å²) in [7, 11) is 0. The molecule has 0 radical (unpaired) electrons. The Bertz CT molecular complexity index is 185. The number of nitrogens with zero attached hydrogens (tertiary/aromatic N) is 1. The second kappa shape index (κ2) is 7.25. The molecular formula is C13H28N2O. The van der Waals surface area contributed by atoms with Crippen LogP contribution in [0.25, 0.3) is 0 Å². The Kier molecular flexibility index (Phi) is 6.32. The minimum atomic E-state index is -0.140. The van der Waals surface area contributed by atoms with Crippen molar-refractivity contribution in [1.82, 2.24) is 10.2 Å². The molecule has 0 bridgehead atoms. The third-order valence-corrected chi connectivity index (χ3v) is 3.48. The van der Waals surface area contributed by atoms with Gasteiger partial charge in [0.1, 0.15) is 0 Å². The van der Waals surface area contributed by atoms with Gasteiger partial charge in [-0.25, -0.2) is 0 Å². The third kappa shape index (κ3) is 4.81. The van der Waals surface area contributed by atoms with Gasteiger partial charge in [0.25, 0.3) is 0 Å². The zero-order chi connectivity index (χ0) is 12.0. The minimum absolute atomic E-state index is 0.140. The van der Waals surface area contributed by atoms with Crippen LogP contribution in [0.1, 0.15) is 33.6 Å². The maximum Gasteiger partial charge on any atom is 0.0552 e. The lowest BCUT2D eigenvalue weighted by Crippen LogP contribution is -2.33. The molecule has 1 heterocycles. The van der Waals surface area contributed by atoms with Gasteiger partial charge in [-0.05, 0) is 51.2 Å². The first-order chi connectivity index (χ1) is 7.63. The molecule has 1 aliphatic heterocycles. The topological polar surface area (TPSA) is 35.5 Å². The fourth-order valence-corrected chi connectivity index (χ4v) is 2.45. The van der Waals surface area contributed by atoms with Gasteiger partial charge < -0.3 is 15.3 Å². The van der Waals surface area contributed by atoms with Crippen molar-refractivity contribution in [2.75, 3.05) is 32.7 Å². The molecule has 3 nitrogen and oxygen atoms in total. The monoisotopic (exact) mass is 228 g/mol. The van der Waals surface area contributed by atoms with Gasteiger partial charge in [0, 0.05) is 13.1 Å². The largest absolute Gasteiger partial charge is 0.393 e. The fourth-order valence-electron chi connectivity index (χ4n) is 2.45. The Morgan fingerprint density at radius 1 is 1.44 bits per heavy atom. The molecule has 0 aromatic rings. The predicted molar refractivity (Wildman–Crippen MR) is 68.6 cm³/mol. The van der Waals surface area contributed by atoms with Crippen LogP contribution in [-0.2, 0) is 0 Å². The molecule has 1 saturated heterocycles. The molecule has 16 heavy (non-hydrogen) atoms. The summed E-state index contributed by atoms with van der Waals surface area (Å²) in [6.45, 7) is 12.1. The Morgan fingerprint density at radius 3 is 2.75 bits per heavy atom. The van der Waals surface area contributed by atoms with E-state index in [9.17, 15) is 5.11 Å². The molecule has 1 rings (SSSR count). The highest BCUT2D eigenvalue weighted by atomic mass is 16.3. The Balaban J connectivity index is 2.13. The maximum atomic E-state index is 9.54. The predicted octanol–water partition coefficient (Wildman–Crippen LogP) is 1.32. The van der Waals surface area contributed by atoms with Gasteiger partial charge >= 0.3 is 0 Å². The van der Waals surface area contributed by atoms with Gasteiger partial charge in [-0.1, -0.05) is 13.8 Å². The molecule has 0 amide bonds. The van der Waals surface area contributed by atoms with Crippen LogP contribution in [0.5, 0.6) is 0 Å². The summed E-state index contributed by atoms with van der Waals surface area (Å²) in [5.74, 6) is 1.20. The third-order valence-electron chi connectivity index (χ3n) is 3.48. The smallest absolute Gasteiger partial charge is 0.0552 e. The highest BCUT2D eigenvalue weighted by Crippen LogP contribution is 2.20. The van der Waals surface area contributed by atoms with Gasteiger partial charge in [0.2, 0.25) is 0 Å². The zero-order valence-electron chi connectivity index (χ0n) is 11.1. The van der Waals surface area contributed by atoms with E-state index in [0.717, 1.165) is 32.6 Å². The summed E-state index contributed by atoms with van der Waals surface area (Å²) < 4.78 is 0. The summed E-state index contributed by atoms with van der Waals surface area (Å²) in [5, 5.41) is 13.0. The number of hydrogen-bond donors (Lipinski definition) is 2. The van der Waals surface area contributed by atoms with Crippen molar-refractivity contribution < 1.29 is 5.11 Å². The van der Waals surface area contributed by atoms with Gasteiger partial charge in [-0.2, -0.15) is 0 Å². The van der Waals surface area contributed by atoms with Crippen molar-refractivity contribution in [2.24, 2.45) is 11.8 Å². The zero-order valence-corrected chi connectivity index (χ0v) is 11.1. The number of aliphatic hydroxyl groups is 1. The second-order valence-electron chi connectivity index (χ2n) is 5.36. The number of rotatable bonds is 7. The van der Waals surface area contributed by atoms with Crippen LogP contribution < -0.4 is 5.32 Å². The Morgan fingerprint density at radius 2 is 2.19 bits per heavy atom. The standard InChI is InChI=1S/C13H28N2O/c1-4-6-14-8-11(2)9-15-7-5-13(10-15)12(3)16/h11-14,16H,4-10H2,1-3H3. The van der Waals surface area contributed by atoms with Crippen LogP contribution in [0.4, 0.5) is 0 Å². The lowest BCUT2D eigenvalue weighted by molar-refractivity contribution is 0.126. The van der Waals surface area contributed by atoms with E-state index in [-0.39, 0.29) is 6.10 Å². The van der Waals surface area contributed by atoms with Crippen LogP contribution in [-0.4, -0.2) is 48.8 Å². The molecule has 1 aliphatic rings. The Hall–Kier alpha value is -0.120. The number of aliphatic hydroxyl groups excluding tert-OH is 1. The molecule has 0 saturated carbocycles. The molecule has 96 valence electrons. The highest BCUT2D eigenvalue weighted by Gasteiger charge is 2.26. The van der Waals surface area contributed by atoms with Gasteiger partial charge in [-0.15, -0.1) is 0 Å². The van der Waals surface area contributed by atoms with Crippen molar-refractivity contribution in [3.8, 4) is 0 Å². The number of nitrogens with one attached hydrogen (secondary N) is 1. The van der Waals surface area contributed by atoms with E-state index in [1.54, 1.807) is 0 Å². The van der Waals surface area contributed by atoms with Gasteiger partial charge in [0.05, 0.1) is 6.10 Å². The van der Waals surface area contributed by atoms with Crippen LogP contribution in [0.15, 0.2) is 0 Å². The lowest BCUT2D eigenvalue weighted by Gasteiger charge is -2.21. The summed E-state index contributed by atoms with van der Waals surface area (Å²) in [5.41, 5.74) is 0. The van der Waals surface area contributed by atoms with Gasteiger partial charge in [0.15, 0.2) is 0 Å². The average molecular weight is 228 g/mol. The first-order valence-electron chi connectivity index (χ1n) is 6.74. The highest BCUT2D eigenvalue weighted by molar-refractivity contribution is 4.80. The van der Waals surface area contributed by atoms with E-state index in [4.69, 9.17) is 0 Å². The molecule has 3 unspecified atom stereocenters. The molecule has 0 aliphatic carbocycles. The summed E-state index contributed by atoms with van der Waals surface area (Å²) in [6, 6.07) is 0. The van der Waals surface area contributed by atoms with E-state index in [1.807, 2.05) is 6.92 Å². The number of likely N-dealkylation sites (tertiary alicyclic amines) is 1. The second-order valence-corrected chi connectivity index (χ2v) is 5.36. The summed E-state index contributed by atoms with van der Waals surface area (Å²) in [4.78, 5) is 2.50. The van der Waals surface area contributed by atoms with Crippen LogP contribution >= 0.6 is 0 Å². The SMILES string of the molecule is CCCNCC(C)CN1CCC(C(C)O)C1. The van der Waals surface area contributed by atoms with E-state index in [0.29, 0.717) is 11.8 Å². The van der Waals surface area contributed by atoms with E-state index in [2.05, 4.69) is 24.1 Å². The van der Waals surface area contributed by atoms with Crippen molar-refractivity contribution in [3.63, 3.8) is 0 Å². The van der Waals surface area contributed by atoms with E-state index in [1.165, 1.54) is 13.0 Å². The minimum Gasteiger partial charge on any atom is -0.393 e. The molecule has 3 atom stereocenters. The lowest BCUT2D eigenvalue weighted by atomic mass is 10.0. The molecule has 3 heteroatoms. The molecule has 1 fully saturated rings. The molecule has 2 N–H and O–H groups in total. The van der Waals surface area contributed by atoms with Crippen molar-refractivity contribution >= 4 is 0 Å². The van der Waals surface area contributed by atoms with Crippen LogP contribution in [0.2, 0.25) is 0 Å². The maximum absolute atomic E-state index is 9.54. The van der Waals surface area contributed by atoms with Crippen molar-refractivity contribution in [3.05, 3.63) is 0 Å². The molecule has 0 spiro atoms. The fraction of sp³-hybridized carbons (Fsp3) is 1.00. The first-order valence-corrected chi connectivity index (χ1v) is 6.74. The first kappa shape index (κ1) is 13.9. The Labute approximate surface area is 100 Å². The average Bonchev–Trinajstić information content (AvgIpc) is 2.66. The summed E-state index contributed by atoms with van der Waals surface area (Å²) >= 11 is 0. The van der Waals surface area contributed by atoms with Crippen molar-refractivity contribution in [2.45, 2.75) is 39.7 Å². The van der Waals surface area contributed by atoms with E-state index < -0.39 is 0 Å². The quantitative estimate of drug-likeness (QED) is 0.645. The van der Waals surface area contributed by atoms with Crippen LogP contribution in [0, 0.1) is 11.8 Å². The van der Waals surface area contributed by atoms with E-state index >= 15 is 0 Å². The van der Waals surface area contributed by atoms with Crippen molar-refractivity contribution in [1.29, 1.82) is 0 Å². The van der Waals surface area contributed by atoms with Gasteiger partial charge in [-0.3, -0.25) is 0 Å². The molecule has 0 aromatic heterocycles. The summed E-state index contributed by atoms with van der Waals surface area (Å²) in [6.07, 6.45) is 2.23.